The number of nitrogens with one attached hydrogen (secondary N) is 2. The Bertz CT molecular complexity index is 503. The van der Waals surface area contributed by atoms with Crippen molar-refractivity contribution < 1.29 is 9.69 Å². The molecule has 21 heavy (non-hydrogen) atoms. The number of amides is 1. The van der Waals surface area contributed by atoms with Crippen molar-refractivity contribution in [3.05, 3.63) is 27.2 Å². The summed E-state index contributed by atoms with van der Waals surface area (Å²) in [6.07, 6.45) is 1.24. The molecule has 2 N–H and O–H groups in total. The lowest BCUT2D eigenvalue weighted by atomic mass is 9.92. The minimum absolute atomic E-state index is 0.0718. The van der Waals surface area contributed by atoms with Crippen molar-refractivity contribution in [3.63, 3.8) is 0 Å². The third kappa shape index (κ3) is 4.75. The summed E-state index contributed by atoms with van der Waals surface area (Å²) in [5.41, 5.74) is 0.435. The molecule has 3 atom stereocenters. The van der Waals surface area contributed by atoms with E-state index in [2.05, 4.69) is 19.2 Å². The first kappa shape index (κ1) is 16.9. The van der Waals surface area contributed by atoms with Crippen LogP contribution in [0.3, 0.4) is 0 Å². The summed E-state index contributed by atoms with van der Waals surface area (Å²) in [4.78, 5) is 13.5. The third-order valence-electron chi connectivity index (χ3n) is 3.76. The molecule has 6 heteroatoms. The Kier molecular flexibility index (Phi) is 5.78. The SMILES string of the molecule is C[C@@H]1C[C@H](C)C[NH+](CC(=O)Nc2c(Cl)cc(Cl)cc2Cl)C1. The Morgan fingerprint density at radius 3 is 2.24 bits per heavy atom. The van der Waals surface area contributed by atoms with Gasteiger partial charge in [0.05, 0.1) is 28.8 Å². The van der Waals surface area contributed by atoms with Gasteiger partial charge >= 0.3 is 0 Å². The van der Waals surface area contributed by atoms with Crippen LogP contribution in [0.15, 0.2) is 12.1 Å². The predicted octanol–water partition coefficient (Wildman–Crippen LogP) is 3.15. The number of likely N-dealkylation sites (tertiary alicyclic amines) is 1. The van der Waals surface area contributed by atoms with Gasteiger partial charge in [-0.25, -0.2) is 0 Å². The van der Waals surface area contributed by atoms with Gasteiger partial charge in [-0.15, -0.1) is 0 Å². The number of anilines is 1. The van der Waals surface area contributed by atoms with Crippen LogP contribution in [0, 0.1) is 11.8 Å². The quantitative estimate of drug-likeness (QED) is 0.862. The standard InChI is InChI=1S/C15H19Cl3N2O/c1-9-3-10(2)7-20(6-9)8-14(21)19-15-12(17)4-11(16)5-13(15)18/h4-5,9-10H,3,6-8H2,1-2H3,(H,19,21)/p+1/t9-,10+. The molecule has 1 amide bonds. The minimum atomic E-state index is -0.0718. The van der Waals surface area contributed by atoms with Crippen LogP contribution in [0.4, 0.5) is 5.69 Å². The molecule has 0 radical (unpaired) electrons. The van der Waals surface area contributed by atoms with Crippen molar-refractivity contribution in [2.24, 2.45) is 11.8 Å². The van der Waals surface area contributed by atoms with Gasteiger partial charge in [0.25, 0.3) is 5.91 Å². The fourth-order valence-corrected chi connectivity index (χ4v) is 4.05. The van der Waals surface area contributed by atoms with E-state index in [9.17, 15) is 4.79 Å². The largest absolute Gasteiger partial charge is 0.327 e. The number of hydrogen-bond donors (Lipinski definition) is 2. The number of rotatable bonds is 3. The van der Waals surface area contributed by atoms with Crippen molar-refractivity contribution in [1.82, 2.24) is 0 Å². The van der Waals surface area contributed by atoms with Crippen LogP contribution in [0.5, 0.6) is 0 Å². The molecule has 0 saturated carbocycles. The van der Waals surface area contributed by atoms with Gasteiger partial charge in [0, 0.05) is 16.9 Å². The molecule has 1 fully saturated rings. The fraction of sp³-hybridized carbons (Fsp3) is 0.533. The van der Waals surface area contributed by atoms with Crippen LogP contribution < -0.4 is 10.2 Å². The summed E-state index contributed by atoms with van der Waals surface area (Å²) in [6, 6.07) is 3.14. The molecule has 1 aromatic rings. The molecule has 1 heterocycles. The highest BCUT2D eigenvalue weighted by Gasteiger charge is 2.27. The first-order chi connectivity index (χ1) is 9.85. The van der Waals surface area contributed by atoms with Crippen LogP contribution in [0.2, 0.25) is 15.1 Å². The molecule has 1 aromatic carbocycles. The monoisotopic (exact) mass is 349 g/mol. The average Bonchev–Trinajstić information content (AvgIpc) is 2.32. The van der Waals surface area contributed by atoms with E-state index >= 15 is 0 Å². The maximum atomic E-state index is 12.2. The van der Waals surface area contributed by atoms with Crippen molar-refractivity contribution in [2.45, 2.75) is 20.3 Å². The summed E-state index contributed by atoms with van der Waals surface area (Å²) in [5.74, 6) is 1.23. The average molecular weight is 351 g/mol. The molecule has 1 saturated heterocycles. The second kappa shape index (κ2) is 7.19. The third-order valence-corrected chi connectivity index (χ3v) is 4.58. The summed E-state index contributed by atoms with van der Waals surface area (Å²) in [5, 5.41) is 3.97. The number of hydrogen-bond acceptors (Lipinski definition) is 1. The van der Waals surface area contributed by atoms with Gasteiger partial charge in [-0.1, -0.05) is 48.7 Å². The van der Waals surface area contributed by atoms with Crippen LogP contribution in [0.1, 0.15) is 20.3 Å². The Morgan fingerprint density at radius 2 is 1.71 bits per heavy atom. The van der Waals surface area contributed by atoms with E-state index in [1.54, 1.807) is 12.1 Å². The van der Waals surface area contributed by atoms with E-state index < -0.39 is 0 Å². The van der Waals surface area contributed by atoms with Crippen molar-refractivity contribution >= 4 is 46.4 Å². The molecule has 0 aromatic heterocycles. The fourth-order valence-electron chi connectivity index (χ4n) is 3.14. The van der Waals surface area contributed by atoms with Crippen LogP contribution >= 0.6 is 34.8 Å². The molecule has 116 valence electrons. The maximum absolute atomic E-state index is 12.2. The van der Waals surface area contributed by atoms with Crippen molar-refractivity contribution in [3.8, 4) is 0 Å². The second-order valence-electron chi connectivity index (χ2n) is 6.07. The van der Waals surface area contributed by atoms with Crippen LogP contribution in [-0.4, -0.2) is 25.5 Å². The van der Waals surface area contributed by atoms with E-state index in [4.69, 9.17) is 34.8 Å². The molecule has 1 unspecified atom stereocenters. The highest BCUT2D eigenvalue weighted by Crippen LogP contribution is 2.33. The molecule has 2 rings (SSSR count). The first-order valence-electron chi connectivity index (χ1n) is 7.13. The van der Waals surface area contributed by atoms with Gasteiger partial charge < -0.3 is 10.2 Å². The number of halogens is 3. The smallest absolute Gasteiger partial charge is 0.279 e. The molecular weight excluding hydrogens is 331 g/mol. The maximum Gasteiger partial charge on any atom is 0.279 e. The zero-order chi connectivity index (χ0) is 15.6. The summed E-state index contributed by atoms with van der Waals surface area (Å²) in [7, 11) is 0. The highest BCUT2D eigenvalue weighted by molar-refractivity contribution is 6.42. The van der Waals surface area contributed by atoms with Crippen LogP contribution in [-0.2, 0) is 4.79 Å². The minimum Gasteiger partial charge on any atom is -0.327 e. The molecule has 0 bridgehead atoms. The van der Waals surface area contributed by atoms with E-state index in [-0.39, 0.29) is 5.91 Å². The van der Waals surface area contributed by atoms with Crippen LogP contribution in [0.25, 0.3) is 0 Å². The number of carbonyl (C=O) groups excluding carboxylic acids is 1. The molecule has 0 aliphatic carbocycles. The molecule has 0 spiro atoms. The zero-order valence-electron chi connectivity index (χ0n) is 12.2. The summed E-state index contributed by atoms with van der Waals surface area (Å²) < 4.78 is 0. The van der Waals surface area contributed by atoms with E-state index in [1.165, 1.54) is 11.3 Å². The number of benzene rings is 1. The number of quaternary nitrogens is 1. The first-order valence-corrected chi connectivity index (χ1v) is 8.26. The summed E-state index contributed by atoms with van der Waals surface area (Å²) >= 11 is 18.0. The van der Waals surface area contributed by atoms with Gasteiger partial charge in [0.2, 0.25) is 0 Å². The van der Waals surface area contributed by atoms with Gasteiger partial charge in [0.15, 0.2) is 6.54 Å². The molecule has 1 aliphatic heterocycles. The lowest BCUT2D eigenvalue weighted by Crippen LogP contribution is -3.15. The lowest BCUT2D eigenvalue weighted by molar-refractivity contribution is -0.904. The molecule has 1 aliphatic rings. The number of carbonyl (C=O) groups is 1. The zero-order valence-corrected chi connectivity index (χ0v) is 14.4. The second-order valence-corrected chi connectivity index (χ2v) is 7.32. The van der Waals surface area contributed by atoms with Gasteiger partial charge in [-0.3, -0.25) is 4.79 Å². The van der Waals surface area contributed by atoms with E-state index in [0.717, 1.165) is 13.1 Å². The van der Waals surface area contributed by atoms with E-state index in [0.29, 0.717) is 39.1 Å². The van der Waals surface area contributed by atoms with Gasteiger partial charge in [-0.2, -0.15) is 0 Å². The highest BCUT2D eigenvalue weighted by atomic mass is 35.5. The Morgan fingerprint density at radius 1 is 1.19 bits per heavy atom. The number of piperidine rings is 1. The normalized spacial score (nSPS) is 25.7. The van der Waals surface area contributed by atoms with E-state index in [1.807, 2.05) is 0 Å². The molecule has 3 nitrogen and oxygen atoms in total. The molecular formula is C15H20Cl3N2O+. The Labute approximate surface area is 140 Å². The topological polar surface area (TPSA) is 33.5 Å². The van der Waals surface area contributed by atoms with Crippen molar-refractivity contribution in [2.75, 3.05) is 25.0 Å². The summed E-state index contributed by atoms with van der Waals surface area (Å²) in [6.45, 7) is 6.96. The lowest BCUT2D eigenvalue weighted by Gasteiger charge is -2.31. The van der Waals surface area contributed by atoms with Gasteiger partial charge in [0.1, 0.15) is 0 Å². The van der Waals surface area contributed by atoms with Crippen molar-refractivity contribution in [1.29, 1.82) is 0 Å². The predicted molar refractivity (Wildman–Crippen MR) is 88.6 cm³/mol. The Hall–Kier alpha value is -0.480. The Balaban J connectivity index is 1.99. The van der Waals surface area contributed by atoms with Gasteiger partial charge in [-0.05, 0) is 18.6 Å².